The molecule has 3 atom stereocenters. The van der Waals surface area contributed by atoms with Crippen LogP contribution in [0.15, 0.2) is 12.2 Å². The summed E-state index contributed by atoms with van der Waals surface area (Å²) in [6.07, 6.45) is 5.24. The topological polar surface area (TPSA) is 12.0 Å². The second-order valence-corrected chi connectivity index (χ2v) is 5.13. The molecule has 0 heterocycles. The van der Waals surface area contributed by atoms with Crippen LogP contribution in [0, 0.1) is 11.8 Å². The molecule has 1 nitrogen and oxygen atoms in total. The first kappa shape index (κ1) is 11.8. The zero-order valence-electron chi connectivity index (χ0n) is 9.97. The third-order valence-electron chi connectivity index (χ3n) is 3.58. The lowest BCUT2D eigenvalue weighted by atomic mass is 9.79. The molecule has 1 heteroatoms. The van der Waals surface area contributed by atoms with Gasteiger partial charge in [-0.3, -0.25) is 0 Å². The molecule has 0 saturated heterocycles. The third-order valence-corrected chi connectivity index (χ3v) is 3.58. The Morgan fingerprint density at radius 1 is 1.29 bits per heavy atom. The Balaban J connectivity index is 2.16. The molecule has 1 aliphatic rings. The molecular formula is C13H25N. The Bertz CT molecular complexity index is 186. The largest absolute Gasteiger partial charge is 0.314 e. The lowest BCUT2D eigenvalue weighted by Gasteiger charge is -2.32. The van der Waals surface area contributed by atoms with E-state index in [2.05, 4.69) is 32.7 Å². The van der Waals surface area contributed by atoms with Crippen LogP contribution in [0.5, 0.6) is 0 Å². The molecule has 0 aromatic heterocycles. The highest BCUT2D eigenvalue weighted by atomic mass is 14.9. The lowest BCUT2D eigenvalue weighted by molar-refractivity contribution is 0.227. The molecule has 0 aliphatic heterocycles. The Morgan fingerprint density at radius 2 is 2.00 bits per heavy atom. The molecule has 14 heavy (non-hydrogen) atoms. The van der Waals surface area contributed by atoms with Gasteiger partial charge in [-0.2, -0.15) is 0 Å². The summed E-state index contributed by atoms with van der Waals surface area (Å²) in [7, 11) is 0. The van der Waals surface area contributed by atoms with Crippen LogP contribution in [0.3, 0.4) is 0 Å². The molecule has 82 valence electrons. The second-order valence-electron chi connectivity index (χ2n) is 5.13. The zero-order chi connectivity index (χ0) is 10.6. The minimum absolute atomic E-state index is 0.764. The summed E-state index contributed by atoms with van der Waals surface area (Å²) in [4.78, 5) is 0. The van der Waals surface area contributed by atoms with Crippen molar-refractivity contribution >= 4 is 0 Å². The highest BCUT2D eigenvalue weighted by Gasteiger charge is 2.23. The molecule has 1 fully saturated rings. The zero-order valence-corrected chi connectivity index (χ0v) is 9.97. The molecule has 1 aliphatic carbocycles. The van der Waals surface area contributed by atoms with Crippen molar-refractivity contribution in [2.45, 2.75) is 52.5 Å². The first-order valence-electron chi connectivity index (χ1n) is 5.97. The van der Waals surface area contributed by atoms with Crippen molar-refractivity contribution in [1.82, 2.24) is 5.32 Å². The molecule has 0 aromatic carbocycles. The lowest BCUT2D eigenvalue weighted by Crippen LogP contribution is -2.36. The van der Waals surface area contributed by atoms with Crippen LogP contribution >= 0.6 is 0 Å². The van der Waals surface area contributed by atoms with Gasteiger partial charge in [0.2, 0.25) is 0 Å². The summed E-state index contributed by atoms with van der Waals surface area (Å²) in [5.74, 6) is 1.82. The van der Waals surface area contributed by atoms with Crippen LogP contribution in [0.25, 0.3) is 0 Å². The molecule has 0 radical (unpaired) electrons. The summed E-state index contributed by atoms with van der Waals surface area (Å²) in [5.41, 5.74) is 1.29. The Labute approximate surface area is 89.0 Å². The highest BCUT2D eigenvalue weighted by Crippen LogP contribution is 2.29. The average Bonchev–Trinajstić information content (AvgIpc) is 2.10. The van der Waals surface area contributed by atoms with Crippen molar-refractivity contribution in [1.29, 1.82) is 0 Å². The van der Waals surface area contributed by atoms with E-state index in [0.29, 0.717) is 0 Å². The SMILES string of the molecule is C=C(C)CCNC1CCC(C)C(C)C1. The van der Waals surface area contributed by atoms with E-state index in [-0.39, 0.29) is 0 Å². The van der Waals surface area contributed by atoms with Gasteiger partial charge in [-0.05, 0) is 51.0 Å². The maximum Gasteiger partial charge on any atom is 0.00699 e. The molecular weight excluding hydrogens is 170 g/mol. The quantitative estimate of drug-likeness (QED) is 0.678. The molecule has 0 bridgehead atoms. The van der Waals surface area contributed by atoms with Crippen molar-refractivity contribution in [3.05, 3.63) is 12.2 Å². The first-order chi connectivity index (χ1) is 6.59. The second kappa shape index (κ2) is 5.55. The van der Waals surface area contributed by atoms with Gasteiger partial charge in [-0.1, -0.05) is 19.4 Å². The van der Waals surface area contributed by atoms with E-state index in [9.17, 15) is 0 Å². The van der Waals surface area contributed by atoms with E-state index in [1.54, 1.807) is 0 Å². The van der Waals surface area contributed by atoms with Crippen molar-refractivity contribution in [3.8, 4) is 0 Å². The van der Waals surface area contributed by atoms with E-state index < -0.39 is 0 Å². The van der Waals surface area contributed by atoms with Crippen molar-refractivity contribution in [2.75, 3.05) is 6.54 Å². The van der Waals surface area contributed by atoms with Crippen LogP contribution in [-0.4, -0.2) is 12.6 Å². The molecule has 0 aromatic rings. The highest BCUT2D eigenvalue weighted by molar-refractivity contribution is 4.89. The summed E-state index contributed by atoms with van der Waals surface area (Å²) in [6.45, 7) is 11.9. The molecule has 0 spiro atoms. The molecule has 0 amide bonds. The fraction of sp³-hybridized carbons (Fsp3) is 0.846. The van der Waals surface area contributed by atoms with Gasteiger partial charge in [-0.15, -0.1) is 6.58 Å². The number of nitrogens with one attached hydrogen (secondary N) is 1. The van der Waals surface area contributed by atoms with Gasteiger partial charge in [0, 0.05) is 6.04 Å². The van der Waals surface area contributed by atoms with Crippen LogP contribution in [-0.2, 0) is 0 Å². The predicted octanol–water partition coefficient (Wildman–Crippen LogP) is 3.37. The maximum absolute atomic E-state index is 3.92. The molecule has 1 saturated carbocycles. The average molecular weight is 195 g/mol. The monoisotopic (exact) mass is 195 g/mol. The number of hydrogen-bond donors (Lipinski definition) is 1. The smallest absolute Gasteiger partial charge is 0.00699 e. The van der Waals surface area contributed by atoms with Gasteiger partial charge in [0.05, 0.1) is 0 Å². The van der Waals surface area contributed by atoms with Crippen molar-refractivity contribution in [3.63, 3.8) is 0 Å². The Morgan fingerprint density at radius 3 is 2.57 bits per heavy atom. The van der Waals surface area contributed by atoms with Crippen LogP contribution in [0.2, 0.25) is 0 Å². The van der Waals surface area contributed by atoms with Crippen molar-refractivity contribution < 1.29 is 0 Å². The minimum Gasteiger partial charge on any atom is -0.314 e. The molecule has 3 unspecified atom stereocenters. The summed E-state index contributed by atoms with van der Waals surface area (Å²) in [6, 6.07) is 0.764. The van der Waals surface area contributed by atoms with E-state index in [4.69, 9.17) is 0 Å². The summed E-state index contributed by atoms with van der Waals surface area (Å²) >= 11 is 0. The Kier molecular flexibility index (Phi) is 4.67. The normalized spacial score (nSPS) is 32.9. The summed E-state index contributed by atoms with van der Waals surface area (Å²) < 4.78 is 0. The van der Waals surface area contributed by atoms with E-state index in [1.807, 2.05) is 0 Å². The van der Waals surface area contributed by atoms with Gasteiger partial charge in [0.25, 0.3) is 0 Å². The van der Waals surface area contributed by atoms with Crippen LogP contribution in [0.1, 0.15) is 46.5 Å². The van der Waals surface area contributed by atoms with E-state index >= 15 is 0 Å². The van der Waals surface area contributed by atoms with E-state index in [1.165, 1.54) is 24.8 Å². The van der Waals surface area contributed by atoms with Crippen molar-refractivity contribution in [2.24, 2.45) is 11.8 Å². The maximum atomic E-state index is 3.92. The predicted molar refractivity (Wildman–Crippen MR) is 63.4 cm³/mol. The van der Waals surface area contributed by atoms with Gasteiger partial charge in [0.1, 0.15) is 0 Å². The standard InChI is InChI=1S/C13H25N/c1-10(2)7-8-14-13-6-5-11(3)12(4)9-13/h11-14H,1,5-9H2,2-4H3. The Hall–Kier alpha value is -0.300. The van der Waals surface area contributed by atoms with Crippen LogP contribution < -0.4 is 5.32 Å². The van der Waals surface area contributed by atoms with Gasteiger partial charge < -0.3 is 5.32 Å². The third kappa shape index (κ3) is 3.83. The van der Waals surface area contributed by atoms with Gasteiger partial charge in [0.15, 0.2) is 0 Å². The fourth-order valence-electron chi connectivity index (χ4n) is 2.22. The molecule has 1 N–H and O–H groups in total. The summed E-state index contributed by atoms with van der Waals surface area (Å²) in [5, 5.41) is 3.64. The number of hydrogen-bond acceptors (Lipinski definition) is 1. The minimum atomic E-state index is 0.764. The first-order valence-corrected chi connectivity index (χ1v) is 5.97. The van der Waals surface area contributed by atoms with Crippen LogP contribution in [0.4, 0.5) is 0 Å². The van der Waals surface area contributed by atoms with Gasteiger partial charge >= 0.3 is 0 Å². The number of rotatable bonds is 4. The fourth-order valence-corrected chi connectivity index (χ4v) is 2.22. The van der Waals surface area contributed by atoms with E-state index in [0.717, 1.165) is 30.8 Å². The molecule has 1 rings (SSSR count). The van der Waals surface area contributed by atoms with Gasteiger partial charge in [-0.25, -0.2) is 0 Å².